The molecule has 0 unspecified atom stereocenters. The molecule has 0 aliphatic heterocycles. The van der Waals surface area contributed by atoms with Crippen LogP contribution in [-0.4, -0.2) is 23.9 Å². The van der Waals surface area contributed by atoms with Crippen molar-refractivity contribution in [3.8, 4) is 11.5 Å². The highest BCUT2D eigenvalue weighted by Crippen LogP contribution is 2.20. The molecule has 2 rings (SSSR count). The molecule has 0 fully saturated rings. The molecule has 0 heterocycles. The SMILES string of the molecule is C=C(OC(=O)c1ccc(OC(=O)CCCCCCC)cc1)/C(C)=C\C(=C/C)OC(=O)c1ccc(OC(=O)CCCCCCC)cc1. The lowest BCUT2D eigenvalue weighted by molar-refractivity contribution is -0.135. The van der Waals surface area contributed by atoms with Crippen LogP contribution in [0.5, 0.6) is 11.5 Å². The molecule has 8 heteroatoms. The summed E-state index contributed by atoms with van der Waals surface area (Å²) in [7, 11) is 0. The number of carbonyl (C=O) groups excluding carboxylic acids is 4. The molecular formula is C38H48O8. The van der Waals surface area contributed by atoms with E-state index in [0.717, 1.165) is 64.2 Å². The molecule has 0 aliphatic rings. The fraction of sp³-hybridized carbons (Fsp3) is 0.421. The van der Waals surface area contributed by atoms with Crippen LogP contribution < -0.4 is 9.47 Å². The maximum Gasteiger partial charge on any atom is 0.343 e. The van der Waals surface area contributed by atoms with E-state index in [1.54, 1.807) is 44.2 Å². The number of unbranched alkanes of at least 4 members (excludes halogenated alkanes) is 8. The quantitative estimate of drug-likeness (QED) is 0.0467. The van der Waals surface area contributed by atoms with Gasteiger partial charge in [-0.2, -0.15) is 0 Å². The molecule has 0 spiro atoms. The lowest BCUT2D eigenvalue weighted by Crippen LogP contribution is -2.09. The first-order valence-electron chi connectivity index (χ1n) is 16.3. The predicted octanol–water partition coefficient (Wildman–Crippen LogP) is 9.60. The third kappa shape index (κ3) is 14.5. The van der Waals surface area contributed by atoms with E-state index in [-0.39, 0.29) is 34.6 Å². The van der Waals surface area contributed by atoms with Crippen molar-refractivity contribution < 1.29 is 38.1 Å². The second-order valence-corrected chi connectivity index (χ2v) is 11.0. The van der Waals surface area contributed by atoms with Crippen LogP contribution in [0, 0.1) is 0 Å². The van der Waals surface area contributed by atoms with Crippen LogP contribution in [-0.2, 0) is 19.1 Å². The first-order chi connectivity index (χ1) is 22.2. The first-order valence-corrected chi connectivity index (χ1v) is 16.3. The van der Waals surface area contributed by atoms with Crippen LogP contribution in [0.15, 0.2) is 84.4 Å². The molecule has 0 saturated carbocycles. The van der Waals surface area contributed by atoms with Gasteiger partial charge in [-0.15, -0.1) is 0 Å². The predicted molar refractivity (Wildman–Crippen MR) is 178 cm³/mol. The van der Waals surface area contributed by atoms with Crippen LogP contribution in [0.2, 0.25) is 0 Å². The summed E-state index contributed by atoms with van der Waals surface area (Å²) >= 11 is 0. The molecule has 2 aromatic rings. The molecule has 0 radical (unpaired) electrons. The average Bonchev–Trinajstić information content (AvgIpc) is 3.04. The van der Waals surface area contributed by atoms with Crippen molar-refractivity contribution in [3.63, 3.8) is 0 Å². The minimum absolute atomic E-state index is 0.0792. The van der Waals surface area contributed by atoms with E-state index in [4.69, 9.17) is 18.9 Å². The molecule has 248 valence electrons. The number of benzene rings is 2. The van der Waals surface area contributed by atoms with Gasteiger partial charge in [-0.05, 0) is 92.9 Å². The lowest BCUT2D eigenvalue weighted by atomic mass is 10.1. The summed E-state index contributed by atoms with van der Waals surface area (Å²) in [5.41, 5.74) is 0.999. The Hall–Kier alpha value is -4.46. The van der Waals surface area contributed by atoms with Crippen LogP contribution in [0.3, 0.4) is 0 Å². The Morgan fingerprint density at radius 2 is 1.04 bits per heavy atom. The van der Waals surface area contributed by atoms with E-state index in [1.165, 1.54) is 30.3 Å². The third-order valence-corrected chi connectivity index (χ3v) is 7.12. The van der Waals surface area contributed by atoms with Crippen molar-refractivity contribution in [1.82, 2.24) is 0 Å². The highest BCUT2D eigenvalue weighted by Gasteiger charge is 2.14. The van der Waals surface area contributed by atoms with Gasteiger partial charge < -0.3 is 18.9 Å². The van der Waals surface area contributed by atoms with Gasteiger partial charge in [0.2, 0.25) is 0 Å². The molecule has 46 heavy (non-hydrogen) atoms. The fourth-order valence-corrected chi connectivity index (χ4v) is 4.31. The Kier molecular flexibility index (Phi) is 17.5. The number of hydrogen-bond donors (Lipinski definition) is 0. The number of rotatable bonds is 20. The standard InChI is InChI=1S/C38H48O8/c1-6-9-11-13-15-17-35(39)44-33-23-19-30(20-24-33)37(41)43-29(5)28(4)27-32(8-3)46-38(42)31-21-25-34(26-22-31)45-36(40)18-16-14-12-10-7-2/h8,19-27H,5-7,9-18H2,1-4H3/b28-27-,32-8+. The second kappa shape index (κ2) is 21.3. The molecule has 0 bridgehead atoms. The van der Waals surface area contributed by atoms with E-state index < -0.39 is 11.9 Å². The van der Waals surface area contributed by atoms with Gasteiger partial charge in [-0.25, -0.2) is 9.59 Å². The Morgan fingerprint density at radius 1 is 0.630 bits per heavy atom. The van der Waals surface area contributed by atoms with Crippen molar-refractivity contribution in [1.29, 1.82) is 0 Å². The maximum absolute atomic E-state index is 12.7. The molecule has 0 aromatic heterocycles. The molecule has 8 nitrogen and oxygen atoms in total. The van der Waals surface area contributed by atoms with Crippen molar-refractivity contribution >= 4 is 23.9 Å². The summed E-state index contributed by atoms with van der Waals surface area (Å²) in [6.45, 7) is 11.5. The minimum atomic E-state index is -0.636. The number of allylic oxidation sites excluding steroid dienone is 3. The monoisotopic (exact) mass is 632 g/mol. The summed E-state index contributed by atoms with van der Waals surface area (Å²) in [4.78, 5) is 49.5. The highest BCUT2D eigenvalue weighted by molar-refractivity contribution is 5.91. The van der Waals surface area contributed by atoms with Gasteiger partial charge >= 0.3 is 23.9 Å². The summed E-state index contributed by atoms with van der Waals surface area (Å²) < 4.78 is 21.6. The summed E-state index contributed by atoms with van der Waals surface area (Å²) in [5.74, 6) is -0.819. The number of ether oxygens (including phenoxy) is 4. The maximum atomic E-state index is 12.7. The minimum Gasteiger partial charge on any atom is -0.427 e. The van der Waals surface area contributed by atoms with Gasteiger partial charge in [0.05, 0.1) is 11.1 Å². The highest BCUT2D eigenvalue weighted by atomic mass is 16.5. The molecule has 2 aromatic carbocycles. The van der Waals surface area contributed by atoms with Crippen molar-refractivity contribution in [2.24, 2.45) is 0 Å². The van der Waals surface area contributed by atoms with Crippen LogP contribution in [0.4, 0.5) is 0 Å². The van der Waals surface area contributed by atoms with E-state index in [1.807, 2.05) is 0 Å². The summed E-state index contributed by atoms with van der Waals surface area (Å²) in [5, 5.41) is 0. The normalized spacial score (nSPS) is 11.5. The van der Waals surface area contributed by atoms with Crippen LogP contribution in [0.25, 0.3) is 0 Å². The zero-order valence-corrected chi connectivity index (χ0v) is 27.7. The van der Waals surface area contributed by atoms with Gasteiger partial charge in [0.25, 0.3) is 0 Å². The Bertz CT molecular complexity index is 1350. The third-order valence-electron chi connectivity index (χ3n) is 7.12. The van der Waals surface area contributed by atoms with Gasteiger partial charge in [0.15, 0.2) is 0 Å². The van der Waals surface area contributed by atoms with Crippen molar-refractivity contribution in [3.05, 3.63) is 95.5 Å². The Labute approximate surface area is 273 Å². The molecule has 0 atom stereocenters. The van der Waals surface area contributed by atoms with Gasteiger partial charge in [0, 0.05) is 12.8 Å². The molecule has 0 saturated heterocycles. The zero-order chi connectivity index (χ0) is 33.7. The number of hydrogen-bond acceptors (Lipinski definition) is 8. The fourth-order valence-electron chi connectivity index (χ4n) is 4.31. The van der Waals surface area contributed by atoms with E-state index in [2.05, 4.69) is 20.4 Å². The average molecular weight is 633 g/mol. The van der Waals surface area contributed by atoms with E-state index >= 15 is 0 Å². The summed E-state index contributed by atoms with van der Waals surface area (Å²) in [6, 6.07) is 12.3. The van der Waals surface area contributed by atoms with Crippen molar-refractivity contribution in [2.75, 3.05) is 0 Å². The number of carbonyl (C=O) groups is 4. The van der Waals surface area contributed by atoms with Crippen molar-refractivity contribution in [2.45, 2.75) is 105 Å². The topological polar surface area (TPSA) is 105 Å². The largest absolute Gasteiger partial charge is 0.427 e. The van der Waals surface area contributed by atoms with Crippen LogP contribution >= 0.6 is 0 Å². The first kappa shape index (κ1) is 37.7. The second-order valence-electron chi connectivity index (χ2n) is 11.0. The molecule has 0 amide bonds. The summed E-state index contributed by atoms with van der Waals surface area (Å²) in [6.07, 6.45) is 14.2. The smallest absolute Gasteiger partial charge is 0.343 e. The van der Waals surface area contributed by atoms with E-state index in [9.17, 15) is 19.2 Å². The Morgan fingerprint density at radius 3 is 1.46 bits per heavy atom. The van der Waals surface area contributed by atoms with E-state index in [0.29, 0.717) is 29.9 Å². The zero-order valence-electron chi connectivity index (χ0n) is 27.7. The molecule has 0 N–H and O–H groups in total. The number of esters is 4. The lowest BCUT2D eigenvalue weighted by Gasteiger charge is -2.10. The Balaban J connectivity index is 1.84. The van der Waals surface area contributed by atoms with Gasteiger partial charge in [-0.3, -0.25) is 9.59 Å². The molecule has 0 aliphatic carbocycles. The van der Waals surface area contributed by atoms with Crippen LogP contribution in [0.1, 0.15) is 125 Å². The molecular weight excluding hydrogens is 584 g/mol. The van der Waals surface area contributed by atoms with Gasteiger partial charge in [-0.1, -0.05) is 71.8 Å². The van der Waals surface area contributed by atoms with Gasteiger partial charge in [0.1, 0.15) is 23.0 Å².